The van der Waals surface area contributed by atoms with Gasteiger partial charge in [0.05, 0.1) is 11.2 Å². The van der Waals surface area contributed by atoms with Crippen LogP contribution in [-0.4, -0.2) is 4.57 Å². The second-order valence-corrected chi connectivity index (χ2v) is 10.4. The Hall–Kier alpha value is -4.80. The number of terminal acetylenes is 1. The lowest BCUT2D eigenvalue weighted by Gasteiger charge is -2.14. The standard InChI is InChI=1S/C40H37N/c1-7-11-16-30(9-3)31-19-21-32(22-20-31)33-23-25-34(26-24-33)41-37(10-4)36(14-8-2)40-38(41)27-18-29(6)39(40)35-17-13-12-15-28(35)5/h1,8-10,12-15,17-27H,4,11,16H2,2-3,5-6H3/b14-8-,30-9+. The summed E-state index contributed by atoms with van der Waals surface area (Å²) >= 11 is 0. The van der Waals surface area contributed by atoms with Crippen LogP contribution in [-0.2, 0) is 0 Å². The third kappa shape index (κ3) is 5.22. The molecule has 4 aromatic carbocycles. The molecule has 0 radical (unpaired) electrons. The molecule has 0 bridgehead atoms. The molecule has 0 unspecified atom stereocenters. The molecule has 0 aliphatic rings. The highest BCUT2D eigenvalue weighted by atomic mass is 15.0. The number of rotatable bonds is 8. The van der Waals surface area contributed by atoms with Gasteiger partial charge in [-0.1, -0.05) is 91.5 Å². The number of benzene rings is 4. The van der Waals surface area contributed by atoms with Crippen molar-refractivity contribution in [1.29, 1.82) is 0 Å². The lowest BCUT2D eigenvalue weighted by molar-refractivity contribution is 1.10. The first kappa shape index (κ1) is 27.8. The Morgan fingerprint density at radius 1 is 0.854 bits per heavy atom. The molecule has 1 heterocycles. The van der Waals surface area contributed by atoms with E-state index in [1.807, 2.05) is 6.08 Å². The highest BCUT2D eigenvalue weighted by molar-refractivity contribution is 6.06. The molecule has 0 amide bonds. The minimum absolute atomic E-state index is 0.755. The van der Waals surface area contributed by atoms with Crippen molar-refractivity contribution in [2.45, 2.75) is 40.5 Å². The van der Waals surface area contributed by atoms with Crippen molar-refractivity contribution >= 4 is 28.6 Å². The van der Waals surface area contributed by atoms with Gasteiger partial charge in [0.25, 0.3) is 0 Å². The van der Waals surface area contributed by atoms with E-state index in [1.54, 1.807) is 0 Å². The summed E-state index contributed by atoms with van der Waals surface area (Å²) in [4.78, 5) is 0. The molecule has 0 spiro atoms. The highest BCUT2D eigenvalue weighted by Gasteiger charge is 2.20. The van der Waals surface area contributed by atoms with Crippen LogP contribution in [0.5, 0.6) is 0 Å². The van der Waals surface area contributed by atoms with E-state index in [4.69, 9.17) is 6.42 Å². The van der Waals surface area contributed by atoms with E-state index in [-0.39, 0.29) is 0 Å². The van der Waals surface area contributed by atoms with Crippen molar-refractivity contribution in [1.82, 2.24) is 4.57 Å². The van der Waals surface area contributed by atoms with E-state index < -0.39 is 0 Å². The average Bonchev–Trinajstić information content (AvgIpc) is 3.31. The normalized spacial score (nSPS) is 11.7. The molecular weight excluding hydrogens is 494 g/mol. The fourth-order valence-electron chi connectivity index (χ4n) is 5.89. The van der Waals surface area contributed by atoms with E-state index in [2.05, 4.69) is 148 Å². The van der Waals surface area contributed by atoms with Crippen LogP contribution in [0.2, 0.25) is 0 Å². The largest absolute Gasteiger partial charge is 0.309 e. The second-order valence-electron chi connectivity index (χ2n) is 10.4. The Morgan fingerprint density at radius 3 is 2.15 bits per heavy atom. The summed E-state index contributed by atoms with van der Waals surface area (Å²) in [5, 5.41) is 1.26. The summed E-state index contributed by atoms with van der Waals surface area (Å²) in [7, 11) is 0. The zero-order valence-corrected chi connectivity index (χ0v) is 24.5. The third-order valence-electron chi connectivity index (χ3n) is 7.96. The van der Waals surface area contributed by atoms with Gasteiger partial charge in [-0.15, -0.1) is 12.3 Å². The summed E-state index contributed by atoms with van der Waals surface area (Å²) in [5.41, 5.74) is 14.6. The molecule has 1 nitrogen and oxygen atoms in total. The minimum Gasteiger partial charge on any atom is -0.309 e. The summed E-state index contributed by atoms with van der Waals surface area (Å²) < 4.78 is 2.34. The topological polar surface area (TPSA) is 4.93 Å². The molecule has 5 rings (SSSR count). The monoisotopic (exact) mass is 531 g/mol. The van der Waals surface area contributed by atoms with Crippen LogP contribution >= 0.6 is 0 Å². The predicted octanol–water partition coefficient (Wildman–Crippen LogP) is 11.1. The van der Waals surface area contributed by atoms with Gasteiger partial charge < -0.3 is 4.57 Å². The quantitative estimate of drug-likeness (QED) is 0.175. The zero-order valence-electron chi connectivity index (χ0n) is 24.5. The lowest BCUT2D eigenvalue weighted by Crippen LogP contribution is -1.97. The number of hydrogen-bond acceptors (Lipinski definition) is 0. The molecule has 0 saturated heterocycles. The van der Waals surface area contributed by atoms with Gasteiger partial charge in [0.2, 0.25) is 0 Å². The number of allylic oxidation sites excluding steroid dienone is 3. The van der Waals surface area contributed by atoms with Gasteiger partial charge >= 0.3 is 0 Å². The van der Waals surface area contributed by atoms with Crippen LogP contribution in [0.1, 0.15) is 54.6 Å². The van der Waals surface area contributed by atoms with Gasteiger partial charge in [-0.3, -0.25) is 0 Å². The van der Waals surface area contributed by atoms with Crippen LogP contribution in [0.3, 0.4) is 0 Å². The molecular formula is C40H37N. The lowest BCUT2D eigenvalue weighted by atomic mass is 9.91. The fourth-order valence-corrected chi connectivity index (χ4v) is 5.89. The Morgan fingerprint density at radius 2 is 1.54 bits per heavy atom. The molecule has 1 aromatic heterocycles. The van der Waals surface area contributed by atoms with Crippen LogP contribution in [0, 0.1) is 26.2 Å². The molecule has 5 aromatic rings. The Labute approximate surface area is 245 Å². The first-order valence-corrected chi connectivity index (χ1v) is 14.3. The highest BCUT2D eigenvalue weighted by Crippen LogP contribution is 2.41. The predicted molar refractivity (Wildman–Crippen MR) is 180 cm³/mol. The van der Waals surface area contributed by atoms with E-state index in [0.717, 1.165) is 24.2 Å². The van der Waals surface area contributed by atoms with Gasteiger partial charge in [-0.25, -0.2) is 0 Å². The molecule has 0 N–H and O–H groups in total. The summed E-state index contributed by atoms with van der Waals surface area (Å²) in [6, 6.07) is 30.8. The number of aryl methyl sites for hydroxylation is 2. The first-order valence-electron chi connectivity index (χ1n) is 14.3. The smallest absolute Gasteiger partial charge is 0.0547 e. The van der Waals surface area contributed by atoms with Gasteiger partial charge in [-0.05, 0) is 103 Å². The Kier molecular flexibility index (Phi) is 8.23. The summed E-state index contributed by atoms with van der Waals surface area (Å²) in [6.07, 6.45) is 15.6. The van der Waals surface area contributed by atoms with Crippen molar-refractivity contribution < 1.29 is 0 Å². The van der Waals surface area contributed by atoms with Crippen LogP contribution in [0.4, 0.5) is 0 Å². The maximum absolute atomic E-state index is 5.49. The number of hydrogen-bond donors (Lipinski definition) is 0. The van der Waals surface area contributed by atoms with E-state index in [9.17, 15) is 0 Å². The van der Waals surface area contributed by atoms with Crippen molar-refractivity contribution in [3.63, 3.8) is 0 Å². The van der Waals surface area contributed by atoms with Gasteiger partial charge in [0.1, 0.15) is 0 Å². The van der Waals surface area contributed by atoms with E-state index in [0.29, 0.717) is 0 Å². The fraction of sp³-hybridized carbons (Fsp3) is 0.150. The molecule has 41 heavy (non-hydrogen) atoms. The molecule has 0 aliphatic carbocycles. The van der Waals surface area contributed by atoms with Gasteiger partial charge in [0.15, 0.2) is 0 Å². The summed E-state index contributed by atoms with van der Waals surface area (Å²) in [5.74, 6) is 2.75. The van der Waals surface area contributed by atoms with Gasteiger partial charge in [-0.2, -0.15) is 0 Å². The molecule has 0 fully saturated rings. The Balaban J connectivity index is 1.62. The van der Waals surface area contributed by atoms with E-state index >= 15 is 0 Å². The maximum atomic E-state index is 5.49. The minimum atomic E-state index is 0.755. The molecule has 0 aliphatic heterocycles. The molecule has 1 heteroatoms. The van der Waals surface area contributed by atoms with Crippen molar-refractivity contribution in [2.75, 3.05) is 0 Å². The molecule has 202 valence electrons. The van der Waals surface area contributed by atoms with E-state index in [1.165, 1.54) is 61.0 Å². The van der Waals surface area contributed by atoms with Gasteiger partial charge in [0, 0.05) is 23.1 Å². The average molecular weight is 532 g/mol. The van der Waals surface area contributed by atoms with Crippen molar-refractivity contribution in [2.24, 2.45) is 0 Å². The van der Waals surface area contributed by atoms with Crippen molar-refractivity contribution in [3.05, 3.63) is 132 Å². The molecule has 0 atom stereocenters. The Bertz CT molecular complexity index is 1810. The number of fused-ring (bicyclic) bond motifs is 1. The second kappa shape index (κ2) is 12.2. The number of nitrogens with zero attached hydrogens (tertiary/aromatic N) is 1. The van der Waals surface area contributed by atoms with Crippen LogP contribution < -0.4 is 0 Å². The molecule has 0 saturated carbocycles. The third-order valence-corrected chi connectivity index (χ3v) is 7.96. The van der Waals surface area contributed by atoms with Crippen LogP contribution in [0.15, 0.2) is 104 Å². The zero-order chi connectivity index (χ0) is 28.9. The number of aromatic nitrogens is 1. The van der Waals surface area contributed by atoms with Crippen LogP contribution in [0.25, 0.3) is 56.6 Å². The SMILES string of the molecule is C#CCC/C(=C\C)c1ccc(-c2ccc(-n3c(C=C)c(/C=C\C)c4c(-c5ccccc5C)c(C)ccc43)cc2)cc1. The summed E-state index contributed by atoms with van der Waals surface area (Å²) in [6.45, 7) is 12.8. The maximum Gasteiger partial charge on any atom is 0.0547 e. The van der Waals surface area contributed by atoms with Crippen molar-refractivity contribution in [3.8, 4) is 40.3 Å². The first-order chi connectivity index (χ1) is 20.0.